The molecule has 2 N–H and O–H groups in total. The summed E-state index contributed by atoms with van der Waals surface area (Å²) in [6.07, 6.45) is 7.10. The van der Waals surface area contributed by atoms with E-state index in [-0.39, 0.29) is 11.4 Å². The Morgan fingerprint density at radius 1 is 1.26 bits per heavy atom. The Hall–Kier alpha value is -2.94. The van der Waals surface area contributed by atoms with Gasteiger partial charge in [0, 0.05) is 61.3 Å². The van der Waals surface area contributed by atoms with Crippen LogP contribution >= 0.6 is 11.6 Å². The van der Waals surface area contributed by atoms with Crippen molar-refractivity contribution in [2.24, 2.45) is 7.05 Å². The molecule has 7 nitrogen and oxygen atoms in total. The van der Waals surface area contributed by atoms with Gasteiger partial charge in [-0.15, -0.1) is 0 Å². The number of hydrogen-bond acceptors (Lipinski definition) is 4. The number of rotatable bonds is 9. The van der Waals surface area contributed by atoms with Gasteiger partial charge in [-0.1, -0.05) is 17.7 Å². The quantitative estimate of drug-likeness (QED) is 0.478. The van der Waals surface area contributed by atoms with Gasteiger partial charge in [-0.25, -0.2) is 17.9 Å². The number of carboxylic acid groups (broad SMARTS) is 1. The highest BCUT2D eigenvalue weighted by Gasteiger charge is 2.16. The van der Waals surface area contributed by atoms with Crippen LogP contribution in [0.2, 0.25) is 5.02 Å². The summed E-state index contributed by atoms with van der Waals surface area (Å²) in [6, 6.07) is 11.7. The zero-order chi connectivity index (χ0) is 22.4. The van der Waals surface area contributed by atoms with Crippen LogP contribution in [0.3, 0.4) is 0 Å². The van der Waals surface area contributed by atoms with Crippen molar-refractivity contribution >= 4 is 33.7 Å². The van der Waals surface area contributed by atoms with E-state index >= 15 is 0 Å². The molecule has 31 heavy (non-hydrogen) atoms. The fraction of sp³-hybridized carbons (Fsp3) is 0.182. The number of halogens is 1. The average Bonchev–Trinajstić information content (AvgIpc) is 3.02. The van der Waals surface area contributed by atoms with Crippen LogP contribution in [0, 0.1) is 0 Å². The largest absolute Gasteiger partial charge is 0.478 e. The molecule has 0 saturated carbocycles. The molecular formula is C22H22ClN3O4S. The van der Waals surface area contributed by atoms with Crippen molar-refractivity contribution in [3.05, 3.63) is 88.5 Å². The Balaban J connectivity index is 1.81. The molecule has 0 spiro atoms. The first-order valence-electron chi connectivity index (χ1n) is 9.49. The molecule has 9 heteroatoms. The minimum Gasteiger partial charge on any atom is -0.478 e. The van der Waals surface area contributed by atoms with Crippen LogP contribution in [0.5, 0.6) is 0 Å². The number of sulfonamides is 1. The number of nitrogens with zero attached hydrogens (tertiary/aromatic N) is 2. The predicted octanol–water partition coefficient (Wildman–Crippen LogP) is 3.28. The summed E-state index contributed by atoms with van der Waals surface area (Å²) in [6.45, 7) is 0.185. The van der Waals surface area contributed by atoms with Crippen molar-refractivity contribution in [2.75, 3.05) is 6.54 Å². The Morgan fingerprint density at radius 2 is 2.00 bits per heavy atom. The van der Waals surface area contributed by atoms with Crippen molar-refractivity contribution in [3.8, 4) is 0 Å². The second kappa shape index (κ2) is 9.91. The molecule has 0 fully saturated rings. The van der Waals surface area contributed by atoms with Gasteiger partial charge in [0.05, 0.1) is 4.90 Å². The molecule has 0 aliphatic heterocycles. The molecule has 0 aliphatic carbocycles. The number of nitrogens with one attached hydrogen (secondary N) is 1. The van der Waals surface area contributed by atoms with E-state index in [2.05, 4.69) is 9.71 Å². The van der Waals surface area contributed by atoms with E-state index in [9.17, 15) is 13.2 Å². The summed E-state index contributed by atoms with van der Waals surface area (Å²) in [4.78, 5) is 15.2. The molecule has 2 aromatic heterocycles. The topological polar surface area (TPSA) is 101 Å². The van der Waals surface area contributed by atoms with Crippen molar-refractivity contribution in [1.29, 1.82) is 0 Å². The molecule has 0 aliphatic rings. The van der Waals surface area contributed by atoms with Crippen molar-refractivity contribution < 1.29 is 18.3 Å². The zero-order valence-electron chi connectivity index (χ0n) is 16.8. The molecule has 3 rings (SSSR count). The molecule has 2 heterocycles. The van der Waals surface area contributed by atoms with Gasteiger partial charge in [0.25, 0.3) is 0 Å². The van der Waals surface area contributed by atoms with Crippen LogP contribution in [-0.4, -0.2) is 35.6 Å². The Labute approximate surface area is 186 Å². The molecular weight excluding hydrogens is 438 g/mol. The fourth-order valence-electron chi connectivity index (χ4n) is 3.25. The van der Waals surface area contributed by atoms with Crippen molar-refractivity contribution in [3.63, 3.8) is 0 Å². The molecule has 162 valence electrons. The number of pyridine rings is 1. The maximum absolute atomic E-state index is 12.5. The SMILES string of the molecule is Cn1c(/C=C/C(=O)O)cc(Cc2cccnc2)c1CCNS(=O)(=O)c1ccc(Cl)cc1. The number of hydrogen-bond donors (Lipinski definition) is 2. The normalized spacial score (nSPS) is 11.8. The minimum atomic E-state index is -3.67. The highest BCUT2D eigenvalue weighted by atomic mass is 35.5. The highest BCUT2D eigenvalue weighted by Crippen LogP contribution is 2.21. The minimum absolute atomic E-state index is 0.143. The first-order chi connectivity index (χ1) is 14.8. The summed E-state index contributed by atoms with van der Waals surface area (Å²) >= 11 is 5.83. The molecule has 0 amide bonds. The Morgan fingerprint density at radius 3 is 2.65 bits per heavy atom. The maximum Gasteiger partial charge on any atom is 0.328 e. The lowest BCUT2D eigenvalue weighted by Gasteiger charge is -2.11. The fourth-order valence-corrected chi connectivity index (χ4v) is 4.41. The third-order valence-electron chi connectivity index (χ3n) is 4.78. The average molecular weight is 460 g/mol. The number of aliphatic carboxylic acids is 1. The lowest BCUT2D eigenvalue weighted by atomic mass is 10.1. The van der Waals surface area contributed by atoms with Gasteiger partial charge in [-0.2, -0.15) is 0 Å². The van der Waals surface area contributed by atoms with Gasteiger partial charge in [-0.05, 0) is 53.6 Å². The summed E-state index contributed by atoms with van der Waals surface area (Å²) in [5.74, 6) is -1.03. The number of carbonyl (C=O) groups is 1. The molecule has 0 saturated heterocycles. The molecule has 0 unspecified atom stereocenters. The molecule has 0 radical (unpaired) electrons. The Bertz CT molecular complexity index is 1190. The highest BCUT2D eigenvalue weighted by molar-refractivity contribution is 7.89. The predicted molar refractivity (Wildman–Crippen MR) is 119 cm³/mol. The molecule has 1 aromatic carbocycles. The van der Waals surface area contributed by atoms with E-state index in [1.807, 2.05) is 29.8 Å². The first-order valence-corrected chi connectivity index (χ1v) is 11.3. The number of aromatic nitrogens is 2. The summed E-state index contributed by atoms with van der Waals surface area (Å²) in [7, 11) is -1.84. The monoisotopic (exact) mass is 459 g/mol. The second-order valence-corrected chi connectivity index (χ2v) is 9.11. The van der Waals surface area contributed by atoms with E-state index < -0.39 is 16.0 Å². The zero-order valence-corrected chi connectivity index (χ0v) is 18.4. The molecule has 0 atom stereocenters. The van der Waals surface area contributed by atoms with Crippen LogP contribution in [-0.2, 0) is 34.7 Å². The van der Waals surface area contributed by atoms with Gasteiger partial charge in [-0.3, -0.25) is 4.98 Å². The van der Waals surface area contributed by atoms with Crippen molar-refractivity contribution in [1.82, 2.24) is 14.3 Å². The smallest absolute Gasteiger partial charge is 0.328 e. The van der Waals surface area contributed by atoms with Crippen LogP contribution in [0.25, 0.3) is 6.08 Å². The van der Waals surface area contributed by atoms with E-state index in [4.69, 9.17) is 16.7 Å². The third-order valence-corrected chi connectivity index (χ3v) is 6.51. The summed E-state index contributed by atoms with van der Waals surface area (Å²) in [5, 5.41) is 9.41. The van der Waals surface area contributed by atoms with Gasteiger partial charge < -0.3 is 9.67 Å². The third kappa shape index (κ3) is 6.04. The summed E-state index contributed by atoms with van der Waals surface area (Å²) in [5.41, 5.74) is 3.61. The van der Waals surface area contributed by atoms with Crippen LogP contribution in [0.1, 0.15) is 22.5 Å². The number of carboxylic acids is 1. The standard InChI is InChI=1S/C22H22ClN3O4S/c1-26-19(6-9-22(27)28)14-17(13-16-3-2-11-24-15-16)21(26)10-12-25-31(29,30)20-7-4-18(23)5-8-20/h2-9,11,14-15,25H,10,12-13H2,1H3,(H,27,28)/b9-6+. The maximum atomic E-state index is 12.5. The van der Waals surface area contributed by atoms with Crippen LogP contribution in [0.15, 0.2) is 65.8 Å². The first kappa shape index (κ1) is 22.7. The van der Waals surface area contributed by atoms with Gasteiger partial charge in [0.15, 0.2) is 0 Å². The van der Waals surface area contributed by atoms with E-state index in [0.29, 0.717) is 17.9 Å². The van der Waals surface area contributed by atoms with Gasteiger partial charge in [0.2, 0.25) is 10.0 Å². The van der Waals surface area contributed by atoms with Crippen LogP contribution in [0.4, 0.5) is 0 Å². The lowest BCUT2D eigenvalue weighted by Crippen LogP contribution is -2.26. The Kier molecular flexibility index (Phi) is 7.27. The van der Waals surface area contributed by atoms with Gasteiger partial charge >= 0.3 is 5.97 Å². The van der Waals surface area contributed by atoms with Crippen molar-refractivity contribution in [2.45, 2.75) is 17.7 Å². The molecule has 0 bridgehead atoms. The summed E-state index contributed by atoms with van der Waals surface area (Å²) < 4.78 is 29.6. The lowest BCUT2D eigenvalue weighted by molar-refractivity contribution is -0.131. The van der Waals surface area contributed by atoms with Crippen LogP contribution < -0.4 is 4.72 Å². The van der Waals surface area contributed by atoms with E-state index in [1.54, 1.807) is 12.4 Å². The van der Waals surface area contributed by atoms with E-state index in [0.717, 1.165) is 28.6 Å². The van der Waals surface area contributed by atoms with E-state index in [1.165, 1.54) is 30.3 Å². The number of benzene rings is 1. The second-order valence-electron chi connectivity index (χ2n) is 6.91. The van der Waals surface area contributed by atoms with Gasteiger partial charge in [0.1, 0.15) is 0 Å². The molecule has 3 aromatic rings.